The van der Waals surface area contributed by atoms with Crippen LogP contribution in [0.4, 0.5) is 5.69 Å². The Bertz CT molecular complexity index is 1110. The summed E-state index contributed by atoms with van der Waals surface area (Å²) in [6.07, 6.45) is 0. The fourth-order valence-electron chi connectivity index (χ4n) is 2.80. The van der Waals surface area contributed by atoms with E-state index < -0.39 is 15.9 Å². The van der Waals surface area contributed by atoms with Gasteiger partial charge in [0.2, 0.25) is 0 Å². The van der Waals surface area contributed by atoms with E-state index in [1.807, 2.05) is 66.7 Å². The van der Waals surface area contributed by atoms with E-state index in [0.717, 1.165) is 11.3 Å². The summed E-state index contributed by atoms with van der Waals surface area (Å²) in [6, 6.07) is 26.3. The Kier molecular flexibility index (Phi) is 6.27. The molecular weight excluding hydrogens is 386 g/mol. The molecule has 0 saturated carbocycles. The summed E-state index contributed by atoms with van der Waals surface area (Å²) in [6.45, 7) is 0.323. The lowest BCUT2D eigenvalue weighted by molar-refractivity contribution is -0.118. The van der Waals surface area contributed by atoms with E-state index >= 15 is 0 Å². The van der Waals surface area contributed by atoms with Crippen LogP contribution >= 0.6 is 0 Å². The molecule has 0 unspecified atom stereocenters. The molecule has 0 saturated heterocycles. The van der Waals surface area contributed by atoms with Gasteiger partial charge in [-0.15, -0.1) is 0 Å². The molecule has 29 heavy (non-hydrogen) atoms. The number of hydrogen-bond acceptors (Lipinski definition) is 5. The van der Waals surface area contributed by atoms with Crippen LogP contribution < -0.4 is 9.62 Å². The molecule has 0 aliphatic rings. The first-order valence-corrected chi connectivity index (χ1v) is 10.4. The van der Waals surface area contributed by atoms with Crippen LogP contribution in [0.2, 0.25) is 0 Å². The Morgan fingerprint density at radius 1 is 0.897 bits per heavy atom. The number of nitrogens with zero attached hydrogens (tertiary/aromatic N) is 2. The van der Waals surface area contributed by atoms with Crippen LogP contribution in [0.25, 0.3) is 0 Å². The van der Waals surface area contributed by atoms with E-state index in [2.05, 4.69) is 4.72 Å². The number of benzene rings is 3. The number of nitriles is 1. The third-order valence-corrected chi connectivity index (χ3v) is 5.60. The number of rotatable bonds is 7. The first kappa shape index (κ1) is 20.1. The largest absolute Gasteiger partial charge is 0.358 e. The lowest BCUT2D eigenvalue weighted by atomic mass is 10.2. The summed E-state index contributed by atoms with van der Waals surface area (Å²) < 4.78 is 27.1. The van der Waals surface area contributed by atoms with Crippen LogP contribution in [0.15, 0.2) is 89.8 Å². The van der Waals surface area contributed by atoms with Gasteiger partial charge in [0.15, 0.2) is 0 Å². The van der Waals surface area contributed by atoms with Gasteiger partial charge in [0.1, 0.15) is 0 Å². The quantitative estimate of drug-likeness (QED) is 0.652. The predicted molar refractivity (Wildman–Crippen MR) is 110 cm³/mol. The van der Waals surface area contributed by atoms with E-state index in [9.17, 15) is 13.2 Å². The van der Waals surface area contributed by atoms with Gasteiger partial charge in [-0.2, -0.15) is 5.26 Å². The van der Waals surface area contributed by atoms with Crippen LogP contribution in [0.1, 0.15) is 11.1 Å². The van der Waals surface area contributed by atoms with E-state index in [4.69, 9.17) is 5.26 Å². The Hall–Kier alpha value is -3.63. The number of hydrogen-bond donors (Lipinski definition) is 1. The van der Waals surface area contributed by atoms with Crippen molar-refractivity contribution in [1.82, 2.24) is 4.72 Å². The summed E-state index contributed by atoms with van der Waals surface area (Å²) in [5, 5.41) is 8.83. The molecule has 3 aromatic rings. The minimum Gasteiger partial charge on any atom is -0.358 e. The van der Waals surface area contributed by atoms with Gasteiger partial charge in [-0.25, -0.2) is 13.1 Å². The number of nitrogens with one attached hydrogen (secondary N) is 1. The van der Waals surface area contributed by atoms with Crippen molar-refractivity contribution in [2.24, 2.45) is 0 Å². The Balaban J connectivity index is 1.76. The second-order valence-electron chi connectivity index (χ2n) is 6.34. The third-order valence-electron chi connectivity index (χ3n) is 4.21. The van der Waals surface area contributed by atoms with Crippen molar-refractivity contribution in [3.63, 3.8) is 0 Å². The molecule has 7 heteroatoms. The van der Waals surface area contributed by atoms with Crippen LogP contribution in [0, 0.1) is 11.3 Å². The van der Waals surface area contributed by atoms with Crippen molar-refractivity contribution < 1.29 is 13.2 Å². The van der Waals surface area contributed by atoms with Gasteiger partial charge in [-0.3, -0.25) is 4.79 Å². The summed E-state index contributed by atoms with van der Waals surface area (Å²) in [5.41, 5.74) is 2.15. The topological polar surface area (TPSA) is 90.3 Å². The van der Waals surface area contributed by atoms with Crippen molar-refractivity contribution in [2.75, 3.05) is 11.4 Å². The van der Waals surface area contributed by atoms with Gasteiger partial charge in [-0.1, -0.05) is 48.5 Å². The summed E-state index contributed by atoms with van der Waals surface area (Å²) in [4.78, 5) is 14.3. The zero-order chi connectivity index (χ0) is 20.7. The van der Waals surface area contributed by atoms with E-state index in [-0.39, 0.29) is 11.4 Å². The number of sulfonamides is 1. The monoisotopic (exact) mass is 405 g/mol. The zero-order valence-electron chi connectivity index (χ0n) is 15.5. The number of amides is 1. The van der Waals surface area contributed by atoms with Gasteiger partial charge in [0, 0.05) is 12.2 Å². The average Bonchev–Trinajstić information content (AvgIpc) is 2.74. The maximum absolute atomic E-state index is 12.5. The number of para-hydroxylation sites is 1. The molecule has 0 spiro atoms. The highest BCUT2D eigenvalue weighted by atomic mass is 32.2. The van der Waals surface area contributed by atoms with Crippen molar-refractivity contribution >= 4 is 21.6 Å². The first-order chi connectivity index (χ1) is 14.0. The summed E-state index contributed by atoms with van der Waals surface area (Å²) in [5.74, 6) is -0.644. The smallest absolute Gasteiger partial charge is 0.264 e. The maximum atomic E-state index is 12.5. The predicted octanol–water partition coefficient (Wildman–Crippen LogP) is 3.07. The number of anilines is 1. The maximum Gasteiger partial charge on any atom is 0.264 e. The highest BCUT2D eigenvalue weighted by Gasteiger charge is 2.20. The van der Waals surface area contributed by atoms with Gasteiger partial charge in [-0.05, 0) is 42.0 Å². The lowest BCUT2D eigenvalue weighted by Crippen LogP contribution is -2.39. The van der Waals surface area contributed by atoms with Gasteiger partial charge in [0.05, 0.1) is 23.1 Å². The standard InChI is InChI=1S/C22H19N3O3S/c23-15-18-11-13-21(14-12-18)29(27,28)24-22(26)17-25(20-9-5-2-6-10-20)16-19-7-3-1-4-8-19/h1-14H,16-17H2,(H,24,26). The third kappa shape index (κ3) is 5.43. The molecule has 0 atom stereocenters. The Labute approximate surface area is 170 Å². The molecule has 1 amide bonds. The SMILES string of the molecule is N#Cc1ccc(S(=O)(=O)NC(=O)CN(Cc2ccccc2)c2ccccc2)cc1. The molecule has 0 heterocycles. The van der Waals surface area contributed by atoms with Crippen LogP contribution in [0.5, 0.6) is 0 Å². The van der Waals surface area contributed by atoms with Crippen molar-refractivity contribution in [3.8, 4) is 6.07 Å². The Morgan fingerprint density at radius 2 is 1.48 bits per heavy atom. The number of carbonyl (C=O) groups excluding carboxylic acids is 1. The van der Waals surface area contributed by atoms with E-state index in [0.29, 0.717) is 12.1 Å². The Morgan fingerprint density at radius 3 is 2.07 bits per heavy atom. The van der Waals surface area contributed by atoms with Gasteiger partial charge >= 0.3 is 0 Å². The van der Waals surface area contributed by atoms with Crippen molar-refractivity contribution in [1.29, 1.82) is 5.26 Å². The second kappa shape index (κ2) is 9.04. The van der Waals surface area contributed by atoms with Crippen LogP contribution in [-0.4, -0.2) is 20.9 Å². The number of carbonyl (C=O) groups is 1. The van der Waals surface area contributed by atoms with Crippen molar-refractivity contribution in [2.45, 2.75) is 11.4 Å². The van der Waals surface area contributed by atoms with E-state index in [1.54, 1.807) is 4.90 Å². The van der Waals surface area contributed by atoms with Crippen molar-refractivity contribution in [3.05, 3.63) is 96.1 Å². The van der Waals surface area contributed by atoms with Gasteiger partial charge < -0.3 is 4.90 Å². The molecular formula is C22H19N3O3S. The summed E-state index contributed by atoms with van der Waals surface area (Å²) >= 11 is 0. The molecule has 3 rings (SSSR count). The molecule has 0 aromatic heterocycles. The molecule has 1 N–H and O–H groups in total. The molecule has 0 aliphatic carbocycles. The van der Waals surface area contributed by atoms with Crippen LogP contribution in [-0.2, 0) is 21.4 Å². The molecule has 0 fully saturated rings. The zero-order valence-corrected chi connectivity index (χ0v) is 16.3. The molecule has 0 radical (unpaired) electrons. The molecule has 146 valence electrons. The molecule has 0 aliphatic heterocycles. The molecule has 3 aromatic carbocycles. The van der Waals surface area contributed by atoms with E-state index in [1.165, 1.54) is 24.3 Å². The minimum atomic E-state index is -4.02. The normalized spacial score (nSPS) is 10.7. The average molecular weight is 405 g/mol. The lowest BCUT2D eigenvalue weighted by Gasteiger charge is -2.24. The fraction of sp³-hybridized carbons (Fsp3) is 0.0909. The molecule has 6 nitrogen and oxygen atoms in total. The molecule has 0 bridgehead atoms. The minimum absolute atomic E-state index is 0.0702. The highest BCUT2D eigenvalue weighted by molar-refractivity contribution is 7.90. The van der Waals surface area contributed by atoms with Gasteiger partial charge in [0.25, 0.3) is 15.9 Å². The first-order valence-electron chi connectivity index (χ1n) is 8.88. The fourth-order valence-corrected chi connectivity index (χ4v) is 3.78. The summed E-state index contributed by atoms with van der Waals surface area (Å²) in [7, 11) is -4.02. The highest BCUT2D eigenvalue weighted by Crippen LogP contribution is 2.17. The van der Waals surface area contributed by atoms with Crippen LogP contribution in [0.3, 0.4) is 0 Å². The second-order valence-corrected chi connectivity index (χ2v) is 8.02.